The molecule has 3 aromatic carbocycles. The molecule has 4 N–H and O–H groups in total. The van der Waals surface area contributed by atoms with Gasteiger partial charge in [0.15, 0.2) is 0 Å². The third-order valence-corrected chi connectivity index (χ3v) is 4.39. The van der Waals surface area contributed by atoms with Crippen LogP contribution in [0.15, 0.2) is 72.8 Å². The molecule has 0 aliphatic rings. The summed E-state index contributed by atoms with van der Waals surface area (Å²) in [4.78, 5) is 12.5. The number of benzene rings is 3. The molecule has 0 aliphatic heterocycles. The van der Waals surface area contributed by atoms with E-state index in [9.17, 15) is 4.79 Å². The van der Waals surface area contributed by atoms with Crippen LogP contribution in [-0.4, -0.2) is 11.7 Å². The van der Waals surface area contributed by atoms with Gasteiger partial charge in [-0.25, -0.2) is 0 Å². The maximum atomic E-state index is 12.5. The van der Waals surface area contributed by atoms with E-state index in [1.807, 2.05) is 48.5 Å². The van der Waals surface area contributed by atoms with E-state index in [0.717, 1.165) is 16.7 Å². The highest BCUT2D eigenvalue weighted by atomic mass is 35.5. The van der Waals surface area contributed by atoms with Gasteiger partial charge in [-0.05, 0) is 34.9 Å². The number of carbonyl (C=O) groups is 1. The Balaban J connectivity index is 1.72. The largest absolute Gasteiger partial charge is 0.384 e. The van der Waals surface area contributed by atoms with E-state index in [1.54, 1.807) is 24.3 Å². The summed E-state index contributed by atoms with van der Waals surface area (Å²) in [5.74, 6) is -0.213. The molecule has 0 heterocycles. The second-order valence-electron chi connectivity index (χ2n) is 5.85. The van der Waals surface area contributed by atoms with Crippen molar-refractivity contribution in [1.82, 2.24) is 5.32 Å². The van der Waals surface area contributed by atoms with Gasteiger partial charge in [-0.2, -0.15) is 0 Å². The molecule has 130 valence electrons. The number of nitrogens with one attached hydrogen (secondary N) is 2. The average molecular weight is 364 g/mol. The van der Waals surface area contributed by atoms with Crippen LogP contribution in [-0.2, 0) is 6.54 Å². The van der Waals surface area contributed by atoms with Gasteiger partial charge in [-0.15, -0.1) is 0 Å². The Labute approximate surface area is 157 Å². The number of nitrogens with two attached hydrogens (primary N) is 1. The Morgan fingerprint density at radius 3 is 2.35 bits per heavy atom. The molecule has 0 aliphatic carbocycles. The summed E-state index contributed by atoms with van der Waals surface area (Å²) in [5.41, 5.74) is 9.41. The fourth-order valence-corrected chi connectivity index (χ4v) is 2.85. The molecule has 0 bridgehead atoms. The van der Waals surface area contributed by atoms with Gasteiger partial charge in [0, 0.05) is 22.7 Å². The van der Waals surface area contributed by atoms with Crippen LogP contribution in [0.25, 0.3) is 11.1 Å². The normalized spacial score (nSPS) is 10.3. The molecule has 3 rings (SSSR count). The van der Waals surface area contributed by atoms with Gasteiger partial charge in [0.1, 0.15) is 5.84 Å². The quantitative estimate of drug-likeness (QED) is 0.468. The van der Waals surface area contributed by atoms with Crippen molar-refractivity contribution in [1.29, 1.82) is 5.41 Å². The van der Waals surface area contributed by atoms with E-state index in [-0.39, 0.29) is 11.7 Å². The topological polar surface area (TPSA) is 79.0 Å². The van der Waals surface area contributed by atoms with E-state index < -0.39 is 0 Å². The van der Waals surface area contributed by atoms with Crippen molar-refractivity contribution in [3.8, 4) is 11.1 Å². The Kier molecular flexibility index (Phi) is 5.34. The summed E-state index contributed by atoms with van der Waals surface area (Å²) < 4.78 is 0. The monoisotopic (exact) mass is 363 g/mol. The maximum absolute atomic E-state index is 12.5. The van der Waals surface area contributed by atoms with Crippen molar-refractivity contribution < 1.29 is 4.79 Å². The van der Waals surface area contributed by atoms with E-state index in [4.69, 9.17) is 22.7 Å². The van der Waals surface area contributed by atoms with Gasteiger partial charge in [-0.3, -0.25) is 10.2 Å². The molecule has 26 heavy (non-hydrogen) atoms. The van der Waals surface area contributed by atoms with E-state index in [0.29, 0.717) is 22.7 Å². The van der Waals surface area contributed by atoms with Crippen LogP contribution in [0.4, 0.5) is 0 Å². The van der Waals surface area contributed by atoms with Gasteiger partial charge in [0.2, 0.25) is 0 Å². The summed E-state index contributed by atoms with van der Waals surface area (Å²) in [6, 6.07) is 22.5. The van der Waals surface area contributed by atoms with E-state index >= 15 is 0 Å². The van der Waals surface area contributed by atoms with Gasteiger partial charge >= 0.3 is 0 Å². The first kappa shape index (κ1) is 17.7. The van der Waals surface area contributed by atoms with Crippen molar-refractivity contribution in [2.45, 2.75) is 6.54 Å². The highest BCUT2D eigenvalue weighted by molar-refractivity contribution is 6.31. The number of carbonyl (C=O) groups excluding carboxylic acids is 1. The van der Waals surface area contributed by atoms with Crippen molar-refractivity contribution in [2.75, 3.05) is 0 Å². The van der Waals surface area contributed by atoms with Crippen LogP contribution in [0, 0.1) is 5.41 Å². The minimum atomic E-state index is -0.172. The Bertz CT molecular complexity index is 954. The lowest BCUT2D eigenvalue weighted by Gasteiger charge is -2.09. The van der Waals surface area contributed by atoms with Crippen LogP contribution in [0.5, 0.6) is 0 Å². The minimum Gasteiger partial charge on any atom is -0.384 e. The Hall–Kier alpha value is -3.11. The molecular weight excluding hydrogens is 346 g/mol. The van der Waals surface area contributed by atoms with E-state index in [1.165, 1.54) is 0 Å². The molecule has 0 fully saturated rings. The van der Waals surface area contributed by atoms with Crippen molar-refractivity contribution in [2.24, 2.45) is 5.73 Å². The fraction of sp³-hybridized carbons (Fsp3) is 0.0476. The van der Waals surface area contributed by atoms with Crippen molar-refractivity contribution >= 4 is 23.3 Å². The lowest BCUT2D eigenvalue weighted by Crippen LogP contribution is -2.23. The number of nitrogen functional groups attached to an aromatic ring is 1. The highest BCUT2D eigenvalue weighted by Crippen LogP contribution is 2.21. The molecule has 0 saturated heterocycles. The van der Waals surface area contributed by atoms with Gasteiger partial charge in [0.25, 0.3) is 5.91 Å². The molecule has 3 aromatic rings. The highest BCUT2D eigenvalue weighted by Gasteiger charge is 2.09. The minimum absolute atomic E-state index is 0.0415. The smallest absolute Gasteiger partial charge is 0.251 e. The fourth-order valence-electron chi connectivity index (χ4n) is 2.61. The molecule has 5 heteroatoms. The summed E-state index contributed by atoms with van der Waals surface area (Å²) in [5, 5.41) is 10.8. The number of amidine groups is 1. The molecule has 4 nitrogen and oxygen atoms in total. The molecule has 0 saturated carbocycles. The third-order valence-electron chi connectivity index (χ3n) is 4.04. The number of halogens is 1. The predicted octanol–water partition coefficient (Wildman–Crippen LogP) is 4.22. The van der Waals surface area contributed by atoms with Crippen LogP contribution in [0.2, 0.25) is 5.02 Å². The van der Waals surface area contributed by atoms with Crippen molar-refractivity contribution in [3.05, 3.63) is 94.5 Å². The number of rotatable bonds is 5. The summed E-state index contributed by atoms with van der Waals surface area (Å²) in [7, 11) is 0. The van der Waals surface area contributed by atoms with Crippen LogP contribution in [0.1, 0.15) is 21.5 Å². The van der Waals surface area contributed by atoms with E-state index in [2.05, 4.69) is 5.32 Å². The lowest BCUT2D eigenvalue weighted by atomic mass is 10.0. The molecule has 0 radical (unpaired) electrons. The average Bonchev–Trinajstić information content (AvgIpc) is 2.67. The molecule has 0 unspecified atom stereocenters. The number of hydrogen-bond donors (Lipinski definition) is 3. The maximum Gasteiger partial charge on any atom is 0.251 e. The first-order valence-corrected chi connectivity index (χ1v) is 8.49. The summed E-state index contributed by atoms with van der Waals surface area (Å²) >= 11 is 6.20. The second kappa shape index (κ2) is 7.85. The zero-order chi connectivity index (χ0) is 18.5. The number of amides is 1. The first-order valence-electron chi connectivity index (χ1n) is 8.11. The van der Waals surface area contributed by atoms with Gasteiger partial charge in [0.05, 0.1) is 0 Å². The van der Waals surface area contributed by atoms with Crippen LogP contribution in [0.3, 0.4) is 0 Å². The van der Waals surface area contributed by atoms with Crippen LogP contribution >= 0.6 is 11.6 Å². The van der Waals surface area contributed by atoms with Crippen LogP contribution < -0.4 is 11.1 Å². The molecule has 0 aromatic heterocycles. The number of hydrogen-bond acceptors (Lipinski definition) is 2. The summed E-state index contributed by atoms with van der Waals surface area (Å²) in [6.07, 6.45) is 0. The predicted molar refractivity (Wildman–Crippen MR) is 106 cm³/mol. The van der Waals surface area contributed by atoms with Crippen molar-refractivity contribution in [3.63, 3.8) is 0 Å². The molecule has 0 spiro atoms. The van der Waals surface area contributed by atoms with Gasteiger partial charge < -0.3 is 11.1 Å². The lowest BCUT2D eigenvalue weighted by molar-refractivity contribution is 0.0951. The SMILES string of the molecule is N=C(N)c1ccc(CNC(=O)c2cccc(-c3ccccc3)c2)c(Cl)c1. The Morgan fingerprint density at radius 1 is 0.923 bits per heavy atom. The standard InChI is InChI=1S/C21H18ClN3O/c22-19-12-16(20(23)24)9-10-18(19)13-25-21(26)17-8-4-7-15(11-17)14-5-2-1-3-6-14/h1-12H,13H2,(H3,23,24)(H,25,26). The Morgan fingerprint density at radius 2 is 1.65 bits per heavy atom. The van der Waals surface area contributed by atoms with Gasteiger partial charge in [-0.1, -0.05) is 66.2 Å². The zero-order valence-electron chi connectivity index (χ0n) is 14.0. The summed E-state index contributed by atoms with van der Waals surface area (Å²) in [6.45, 7) is 0.297. The zero-order valence-corrected chi connectivity index (χ0v) is 14.8. The third kappa shape index (κ3) is 4.10. The second-order valence-corrected chi connectivity index (χ2v) is 6.26. The molecule has 1 amide bonds. The molecular formula is C21H18ClN3O. The first-order chi connectivity index (χ1) is 12.5. The molecule has 0 atom stereocenters.